The summed E-state index contributed by atoms with van der Waals surface area (Å²) in [5, 5.41) is 0. The van der Waals surface area contributed by atoms with Crippen LogP contribution in [0.3, 0.4) is 0 Å². The van der Waals surface area contributed by atoms with Gasteiger partial charge in [-0.2, -0.15) is 0 Å². The first kappa shape index (κ1) is 9.94. The Morgan fingerprint density at radius 1 is 1.40 bits per heavy atom. The Morgan fingerprint density at radius 3 is 2.20 bits per heavy atom. The second-order valence-electron chi connectivity index (χ2n) is 2.62. The van der Waals surface area contributed by atoms with Crippen LogP contribution in [0.15, 0.2) is 18.7 Å². The van der Waals surface area contributed by atoms with E-state index < -0.39 is 0 Å². The van der Waals surface area contributed by atoms with Gasteiger partial charge in [0.15, 0.2) is 0 Å². The molecule has 0 aliphatic carbocycles. The number of nitrogens with zero attached hydrogens (tertiary/aromatic N) is 2. The predicted octanol–water partition coefficient (Wildman–Crippen LogP) is -2.64. The number of halogens is 1. The van der Waals surface area contributed by atoms with E-state index in [2.05, 4.69) is 30.9 Å². The minimum Gasteiger partial charge on any atom is -0.240 e. The summed E-state index contributed by atoms with van der Waals surface area (Å²) in [6.07, 6.45) is 6.19. The van der Waals surface area contributed by atoms with Crippen LogP contribution in [-0.4, -0.2) is 4.57 Å². The molecule has 1 rings (SSSR count). The smallest absolute Gasteiger partial charge is 0.240 e. The van der Waals surface area contributed by atoms with Crippen molar-refractivity contribution < 1.29 is 28.5 Å². The fraction of sp³-hybridized carbons (Fsp3) is 0.571. The molecule has 1 heterocycles. The standard InChI is InChI=1S/C7H13N2.H2I/c1-7(2)9-5-4-8(3)6-9;/h4-7H,1-3H3;1H2/q2*+1. The highest BCUT2D eigenvalue weighted by molar-refractivity contribution is 4.69. The van der Waals surface area contributed by atoms with E-state index in [9.17, 15) is 0 Å². The van der Waals surface area contributed by atoms with Gasteiger partial charge in [-0.15, -0.1) is 0 Å². The third-order valence-corrected chi connectivity index (χ3v) is 1.39. The van der Waals surface area contributed by atoms with E-state index in [1.807, 2.05) is 17.8 Å². The molecule has 0 unspecified atom stereocenters. The average Bonchev–Trinajstić information content (AvgIpc) is 2.14. The summed E-state index contributed by atoms with van der Waals surface area (Å²) < 4.78 is 4.21. The SMILES string of the molecule is CC(C)n1cc[n+](C)c1.[IH2+]. The lowest BCUT2D eigenvalue weighted by molar-refractivity contribution is -0.671. The maximum absolute atomic E-state index is 2.17. The van der Waals surface area contributed by atoms with Gasteiger partial charge in [0.2, 0.25) is 30.3 Å². The van der Waals surface area contributed by atoms with Gasteiger partial charge in [-0.05, 0) is 13.8 Å². The first-order chi connectivity index (χ1) is 4.20. The van der Waals surface area contributed by atoms with Crippen LogP contribution >= 0.6 is 0 Å². The molecule has 0 fully saturated rings. The molecule has 0 bridgehead atoms. The summed E-state index contributed by atoms with van der Waals surface area (Å²) in [5.74, 6) is 0. The molecule has 0 radical (unpaired) electrons. The van der Waals surface area contributed by atoms with E-state index in [-0.39, 0.29) is 24.0 Å². The lowest BCUT2D eigenvalue weighted by Gasteiger charge is -1.95. The number of rotatable bonds is 1. The molecule has 10 heavy (non-hydrogen) atoms. The van der Waals surface area contributed by atoms with Gasteiger partial charge in [0, 0.05) is 0 Å². The Hall–Kier alpha value is -0.0600. The number of aromatic nitrogens is 2. The average molecular weight is 254 g/mol. The van der Waals surface area contributed by atoms with Crippen LogP contribution < -0.4 is 28.5 Å². The van der Waals surface area contributed by atoms with Gasteiger partial charge in [0.25, 0.3) is 0 Å². The zero-order valence-electron chi connectivity index (χ0n) is 6.65. The molecule has 3 heteroatoms. The second-order valence-corrected chi connectivity index (χ2v) is 2.62. The maximum Gasteiger partial charge on any atom is 0.243 e. The van der Waals surface area contributed by atoms with Crippen molar-refractivity contribution in [2.45, 2.75) is 19.9 Å². The second kappa shape index (κ2) is 3.95. The van der Waals surface area contributed by atoms with Crippen molar-refractivity contribution in [1.82, 2.24) is 4.57 Å². The molecule has 58 valence electrons. The summed E-state index contributed by atoms with van der Waals surface area (Å²) in [6.45, 7) is 4.33. The molecule has 0 aliphatic heterocycles. The normalized spacial score (nSPS) is 9.60. The van der Waals surface area contributed by atoms with Crippen molar-refractivity contribution >= 4 is 0 Å². The molecule has 0 atom stereocenters. The van der Waals surface area contributed by atoms with Crippen LogP contribution in [0, 0.1) is 0 Å². The molecule has 0 spiro atoms. The van der Waals surface area contributed by atoms with Crippen molar-refractivity contribution in [2.75, 3.05) is 0 Å². The molecular weight excluding hydrogens is 239 g/mol. The molecule has 0 aromatic carbocycles. The van der Waals surface area contributed by atoms with Crippen LogP contribution in [0.25, 0.3) is 0 Å². The highest BCUT2D eigenvalue weighted by atomic mass is 127. The molecule has 0 saturated carbocycles. The molecule has 1 aromatic rings. The van der Waals surface area contributed by atoms with E-state index in [1.165, 1.54) is 0 Å². The van der Waals surface area contributed by atoms with E-state index in [0.717, 1.165) is 0 Å². The predicted molar refractivity (Wildman–Crippen MR) is 38.8 cm³/mol. The zero-order chi connectivity index (χ0) is 6.85. The molecule has 0 amide bonds. The fourth-order valence-corrected chi connectivity index (χ4v) is 0.775. The highest BCUT2D eigenvalue weighted by Gasteiger charge is 2.01. The van der Waals surface area contributed by atoms with Gasteiger partial charge in [0.05, 0.1) is 13.1 Å². The van der Waals surface area contributed by atoms with Gasteiger partial charge >= 0.3 is 0 Å². The summed E-state index contributed by atoms with van der Waals surface area (Å²) >= 11 is 0. The van der Waals surface area contributed by atoms with Gasteiger partial charge < -0.3 is 0 Å². The molecule has 2 nitrogen and oxygen atoms in total. The molecule has 0 N–H and O–H groups in total. The van der Waals surface area contributed by atoms with Gasteiger partial charge in [-0.3, -0.25) is 0 Å². The molecular formula is C7H15IN2+2. The number of aryl methyl sites for hydroxylation is 1. The van der Waals surface area contributed by atoms with Crippen LogP contribution in [0.2, 0.25) is 0 Å². The first-order valence-corrected chi connectivity index (χ1v) is 3.23. The number of hydrogen-bond acceptors (Lipinski definition) is 0. The Balaban J connectivity index is 0.000000810. The lowest BCUT2D eigenvalue weighted by Crippen LogP contribution is -3.00. The topological polar surface area (TPSA) is 8.81 Å². The van der Waals surface area contributed by atoms with Crippen LogP contribution in [0.4, 0.5) is 0 Å². The quantitative estimate of drug-likeness (QED) is 0.383. The summed E-state index contributed by atoms with van der Waals surface area (Å²) in [5.41, 5.74) is 0. The maximum atomic E-state index is 2.17. The highest BCUT2D eigenvalue weighted by Crippen LogP contribution is 1.98. The number of imidazole rings is 1. The van der Waals surface area contributed by atoms with Crippen molar-refractivity contribution in [3.05, 3.63) is 18.7 Å². The lowest BCUT2D eigenvalue weighted by atomic mass is 10.4. The third kappa shape index (κ3) is 2.28. The van der Waals surface area contributed by atoms with E-state index in [0.29, 0.717) is 6.04 Å². The van der Waals surface area contributed by atoms with Crippen molar-refractivity contribution in [2.24, 2.45) is 7.05 Å². The Kier molecular flexibility index (Phi) is 3.93. The minimum atomic E-state index is 0. The van der Waals surface area contributed by atoms with E-state index >= 15 is 0 Å². The van der Waals surface area contributed by atoms with Crippen molar-refractivity contribution in [3.8, 4) is 0 Å². The summed E-state index contributed by atoms with van der Waals surface area (Å²) in [6, 6.07) is 0.575. The third-order valence-electron chi connectivity index (χ3n) is 1.39. The first-order valence-electron chi connectivity index (χ1n) is 3.23. The Bertz CT molecular complexity index is 193. The molecule has 0 saturated heterocycles. The van der Waals surface area contributed by atoms with E-state index in [1.54, 1.807) is 0 Å². The van der Waals surface area contributed by atoms with Crippen molar-refractivity contribution in [1.29, 1.82) is 0 Å². The van der Waals surface area contributed by atoms with E-state index in [4.69, 9.17) is 0 Å². The van der Waals surface area contributed by atoms with Crippen LogP contribution in [0.1, 0.15) is 19.9 Å². The van der Waals surface area contributed by atoms with Gasteiger partial charge in [0.1, 0.15) is 12.4 Å². The van der Waals surface area contributed by atoms with Crippen LogP contribution in [-0.2, 0) is 7.05 Å². The monoisotopic (exact) mass is 254 g/mol. The van der Waals surface area contributed by atoms with Gasteiger partial charge in [-0.1, -0.05) is 0 Å². The number of hydrogen-bond donors (Lipinski definition) is 0. The Morgan fingerprint density at radius 2 is 2.00 bits per heavy atom. The van der Waals surface area contributed by atoms with Crippen molar-refractivity contribution in [3.63, 3.8) is 0 Å². The van der Waals surface area contributed by atoms with Crippen LogP contribution in [0.5, 0.6) is 0 Å². The summed E-state index contributed by atoms with van der Waals surface area (Å²) in [7, 11) is 2.03. The fourth-order valence-electron chi connectivity index (χ4n) is 0.775. The minimum absolute atomic E-state index is 0. The summed E-state index contributed by atoms with van der Waals surface area (Å²) in [4.78, 5) is 0. The Labute approximate surface area is 78.9 Å². The molecule has 1 aromatic heterocycles. The zero-order valence-corrected chi connectivity index (χ0v) is 9.20. The molecule has 0 aliphatic rings. The largest absolute Gasteiger partial charge is 0.243 e. The van der Waals surface area contributed by atoms with Gasteiger partial charge in [-0.25, -0.2) is 9.13 Å².